The maximum Gasteiger partial charge on any atom is 0.277 e. The summed E-state index contributed by atoms with van der Waals surface area (Å²) < 4.78 is 11.1. The quantitative estimate of drug-likeness (QED) is 0.652. The maximum atomic E-state index is 11.7. The number of hydrogen-bond donors (Lipinski definition) is 1. The van der Waals surface area contributed by atoms with Gasteiger partial charge in [-0.05, 0) is 61.6 Å². The Hall–Kier alpha value is -2.56. The van der Waals surface area contributed by atoms with Crippen molar-refractivity contribution in [3.63, 3.8) is 0 Å². The number of carbonyl (C=O) groups excluding carboxylic acids is 1. The number of carbonyl (C=O) groups is 1. The molecule has 1 aromatic carbocycles. The summed E-state index contributed by atoms with van der Waals surface area (Å²) in [5.74, 6) is 3.22. The second kappa shape index (κ2) is 6.91. The first kappa shape index (κ1) is 16.3. The Morgan fingerprint density at radius 1 is 1.33 bits per heavy atom. The fourth-order valence-corrected chi connectivity index (χ4v) is 2.51. The van der Waals surface area contributed by atoms with Crippen LogP contribution < -0.4 is 10.2 Å². The summed E-state index contributed by atoms with van der Waals surface area (Å²) in [7, 11) is 0. The zero-order valence-corrected chi connectivity index (χ0v) is 14.2. The summed E-state index contributed by atoms with van der Waals surface area (Å²) in [4.78, 5) is 11.7. The van der Waals surface area contributed by atoms with E-state index in [1.807, 2.05) is 44.2 Å². The number of benzene rings is 1. The van der Waals surface area contributed by atoms with Crippen molar-refractivity contribution in [3.05, 3.63) is 53.0 Å². The van der Waals surface area contributed by atoms with E-state index in [0.29, 0.717) is 23.3 Å². The highest BCUT2D eigenvalue weighted by molar-refractivity contribution is 5.81. The molecule has 0 saturated heterocycles. The Kier molecular flexibility index (Phi) is 4.69. The molecule has 1 amide bonds. The molecule has 0 unspecified atom stereocenters. The van der Waals surface area contributed by atoms with Crippen molar-refractivity contribution in [2.75, 3.05) is 6.61 Å². The minimum absolute atomic E-state index is 0.0805. The van der Waals surface area contributed by atoms with Gasteiger partial charge in [0.05, 0.1) is 6.21 Å². The van der Waals surface area contributed by atoms with Crippen LogP contribution in [0.5, 0.6) is 5.75 Å². The third-order valence-electron chi connectivity index (χ3n) is 4.35. The van der Waals surface area contributed by atoms with Crippen LogP contribution in [0.3, 0.4) is 0 Å². The van der Waals surface area contributed by atoms with Crippen LogP contribution in [0.25, 0.3) is 0 Å². The average molecular weight is 326 g/mol. The number of amides is 1. The minimum atomic E-state index is -0.313. The number of ether oxygens (including phenoxy) is 1. The first-order chi connectivity index (χ1) is 11.5. The molecule has 5 nitrogen and oxygen atoms in total. The Balaban J connectivity index is 1.44. The molecule has 1 fully saturated rings. The lowest BCUT2D eigenvalue weighted by Crippen LogP contribution is -2.24. The van der Waals surface area contributed by atoms with E-state index in [2.05, 4.69) is 17.5 Å². The summed E-state index contributed by atoms with van der Waals surface area (Å²) in [6.45, 7) is 6.16. The van der Waals surface area contributed by atoms with Crippen molar-refractivity contribution < 1.29 is 13.9 Å². The summed E-state index contributed by atoms with van der Waals surface area (Å²) in [5.41, 5.74) is 4.75. The van der Waals surface area contributed by atoms with Gasteiger partial charge in [-0.25, -0.2) is 5.43 Å². The number of nitrogens with zero attached hydrogens (tertiary/aromatic N) is 1. The van der Waals surface area contributed by atoms with Gasteiger partial charge in [0.15, 0.2) is 6.61 Å². The third-order valence-corrected chi connectivity index (χ3v) is 4.35. The van der Waals surface area contributed by atoms with Gasteiger partial charge in [0.1, 0.15) is 17.3 Å². The topological polar surface area (TPSA) is 63.8 Å². The lowest BCUT2D eigenvalue weighted by Gasteiger charge is -2.07. The Morgan fingerprint density at radius 3 is 2.83 bits per heavy atom. The number of hydrogen-bond acceptors (Lipinski definition) is 4. The Labute approximate surface area is 141 Å². The number of furan rings is 1. The minimum Gasteiger partial charge on any atom is -0.484 e. The van der Waals surface area contributed by atoms with Crippen molar-refractivity contribution in [3.8, 4) is 5.75 Å². The molecule has 0 aliphatic heterocycles. The van der Waals surface area contributed by atoms with Crippen molar-refractivity contribution in [1.82, 2.24) is 5.43 Å². The van der Waals surface area contributed by atoms with Crippen molar-refractivity contribution >= 4 is 12.1 Å². The zero-order chi connectivity index (χ0) is 17.1. The third kappa shape index (κ3) is 4.04. The van der Waals surface area contributed by atoms with Crippen LogP contribution >= 0.6 is 0 Å². The van der Waals surface area contributed by atoms with Crippen LogP contribution in [0.1, 0.15) is 41.9 Å². The molecule has 1 saturated carbocycles. The second-order valence-corrected chi connectivity index (χ2v) is 6.39. The molecule has 2 atom stereocenters. The monoisotopic (exact) mass is 326 g/mol. The lowest BCUT2D eigenvalue weighted by molar-refractivity contribution is -0.123. The molecule has 0 spiro atoms. The van der Waals surface area contributed by atoms with Gasteiger partial charge in [0, 0.05) is 5.92 Å². The summed E-state index contributed by atoms with van der Waals surface area (Å²) >= 11 is 0. The van der Waals surface area contributed by atoms with E-state index in [1.54, 1.807) is 0 Å². The van der Waals surface area contributed by atoms with E-state index >= 15 is 0 Å². The van der Waals surface area contributed by atoms with E-state index in [1.165, 1.54) is 18.2 Å². The van der Waals surface area contributed by atoms with Gasteiger partial charge in [0.2, 0.25) is 0 Å². The molecule has 1 N–H and O–H groups in total. The predicted octanol–water partition coefficient (Wildman–Crippen LogP) is 3.55. The first-order valence-corrected chi connectivity index (χ1v) is 8.14. The van der Waals surface area contributed by atoms with Gasteiger partial charge in [0.25, 0.3) is 5.91 Å². The molecular weight excluding hydrogens is 304 g/mol. The number of rotatable bonds is 6. The molecule has 1 aliphatic carbocycles. The highest BCUT2D eigenvalue weighted by Gasteiger charge is 2.36. The Bertz CT molecular complexity index is 764. The van der Waals surface area contributed by atoms with E-state index < -0.39 is 0 Å². The van der Waals surface area contributed by atoms with Gasteiger partial charge in [-0.1, -0.05) is 13.0 Å². The van der Waals surface area contributed by atoms with Crippen LogP contribution in [-0.2, 0) is 4.79 Å². The van der Waals surface area contributed by atoms with Gasteiger partial charge in [-0.3, -0.25) is 4.79 Å². The van der Waals surface area contributed by atoms with Gasteiger partial charge in [-0.2, -0.15) is 5.10 Å². The largest absolute Gasteiger partial charge is 0.484 e. The van der Waals surface area contributed by atoms with E-state index in [4.69, 9.17) is 9.15 Å². The average Bonchev–Trinajstić information content (AvgIpc) is 3.09. The first-order valence-electron chi connectivity index (χ1n) is 8.14. The zero-order valence-electron chi connectivity index (χ0n) is 14.2. The van der Waals surface area contributed by atoms with E-state index in [0.717, 1.165) is 11.3 Å². The molecule has 1 heterocycles. The number of nitrogens with one attached hydrogen (secondary N) is 1. The lowest BCUT2D eigenvalue weighted by atomic mass is 10.1. The van der Waals surface area contributed by atoms with Crippen molar-refractivity contribution in [2.24, 2.45) is 11.0 Å². The smallest absolute Gasteiger partial charge is 0.277 e. The standard InChI is InChI=1S/C19H22N2O3/c1-12-4-5-15(8-13(12)2)23-11-19(22)21-20-10-16-6-7-18(24-16)17-9-14(17)3/h4-8,10,14,17H,9,11H2,1-3H3,(H,21,22)/b20-10-/t14-,17-/m1/s1. The highest BCUT2D eigenvalue weighted by atomic mass is 16.5. The van der Waals surface area contributed by atoms with Gasteiger partial charge < -0.3 is 9.15 Å². The fraction of sp³-hybridized carbons (Fsp3) is 0.368. The predicted molar refractivity (Wildman–Crippen MR) is 92.4 cm³/mol. The van der Waals surface area contributed by atoms with Crippen LogP contribution in [-0.4, -0.2) is 18.7 Å². The molecule has 2 aromatic rings. The molecule has 1 aromatic heterocycles. The van der Waals surface area contributed by atoms with Crippen LogP contribution in [0.2, 0.25) is 0 Å². The molecule has 0 radical (unpaired) electrons. The van der Waals surface area contributed by atoms with E-state index in [-0.39, 0.29) is 12.5 Å². The number of aryl methyl sites for hydroxylation is 2. The second-order valence-electron chi connectivity index (χ2n) is 6.39. The summed E-state index contributed by atoms with van der Waals surface area (Å²) in [6.07, 6.45) is 2.68. The molecule has 5 heteroatoms. The van der Waals surface area contributed by atoms with Crippen LogP contribution in [0.15, 0.2) is 39.9 Å². The molecule has 24 heavy (non-hydrogen) atoms. The van der Waals surface area contributed by atoms with Crippen molar-refractivity contribution in [2.45, 2.75) is 33.1 Å². The molecule has 3 rings (SSSR count). The van der Waals surface area contributed by atoms with Crippen LogP contribution in [0.4, 0.5) is 0 Å². The van der Waals surface area contributed by atoms with E-state index in [9.17, 15) is 4.79 Å². The SMILES string of the molecule is Cc1ccc(OCC(=O)N/N=C\c2ccc([C@@H]3C[C@H]3C)o2)cc1C. The number of hydrazone groups is 1. The molecule has 126 valence electrons. The van der Waals surface area contributed by atoms with Crippen molar-refractivity contribution in [1.29, 1.82) is 0 Å². The summed E-state index contributed by atoms with van der Waals surface area (Å²) in [6, 6.07) is 9.56. The van der Waals surface area contributed by atoms with Gasteiger partial charge >= 0.3 is 0 Å². The highest BCUT2D eigenvalue weighted by Crippen LogP contribution is 2.47. The van der Waals surface area contributed by atoms with Crippen LogP contribution in [0, 0.1) is 19.8 Å². The Morgan fingerprint density at radius 2 is 2.12 bits per heavy atom. The molecular formula is C19H22N2O3. The fourth-order valence-electron chi connectivity index (χ4n) is 2.51. The molecule has 1 aliphatic rings. The maximum absolute atomic E-state index is 11.7. The van der Waals surface area contributed by atoms with Gasteiger partial charge in [-0.15, -0.1) is 0 Å². The molecule has 0 bridgehead atoms. The normalized spacial score (nSPS) is 19.5. The summed E-state index contributed by atoms with van der Waals surface area (Å²) in [5, 5.41) is 3.90.